The van der Waals surface area contributed by atoms with E-state index in [1.165, 1.54) is 49.8 Å². The number of hydrogen-bond donors (Lipinski definition) is 2. The normalized spacial score (nSPS) is 15.4. The van der Waals surface area contributed by atoms with Gasteiger partial charge in [-0.1, -0.05) is 12.8 Å². The van der Waals surface area contributed by atoms with Crippen LogP contribution in [-0.4, -0.2) is 26.6 Å². The average Bonchev–Trinajstić information content (AvgIpc) is 3.28. The number of amides is 1. The Morgan fingerprint density at radius 3 is 2.44 bits per heavy atom. The van der Waals surface area contributed by atoms with Crippen LogP contribution >= 0.6 is 11.8 Å². The van der Waals surface area contributed by atoms with Crippen molar-refractivity contribution in [2.24, 2.45) is 0 Å². The van der Waals surface area contributed by atoms with Crippen molar-refractivity contribution < 1.29 is 17.6 Å². The van der Waals surface area contributed by atoms with E-state index in [1.54, 1.807) is 0 Å². The molecular formula is C17H20N2O4S2. The van der Waals surface area contributed by atoms with Gasteiger partial charge in [-0.15, -0.1) is 11.8 Å². The van der Waals surface area contributed by atoms with Gasteiger partial charge in [0.1, 0.15) is 0 Å². The first-order valence-electron chi connectivity index (χ1n) is 8.09. The third-order valence-electron chi connectivity index (χ3n) is 4.06. The van der Waals surface area contributed by atoms with Gasteiger partial charge in [0.05, 0.1) is 0 Å². The smallest absolute Gasteiger partial charge is 0.291 e. The van der Waals surface area contributed by atoms with Gasteiger partial charge in [0.25, 0.3) is 15.9 Å². The van der Waals surface area contributed by atoms with Crippen LogP contribution in [0.15, 0.2) is 50.8 Å². The molecule has 1 aliphatic rings. The minimum absolute atomic E-state index is 0.0572. The van der Waals surface area contributed by atoms with Gasteiger partial charge in [-0.3, -0.25) is 4.79 Å². The van der Waals surface area contributed by atoms with Gasteiger partial charge in [-0.2, -0.15) is 0 Å². The van der Waals surface area contributed by atoms with Gasteiger partial charge in [-0.05, 0) is 56.3 Å². The predicted molar refractivity (Wildman–Crippen MR) is 97.5 cm³/mol. The molecule has 0 radical (unpaired) electrons. The molecule has 1 aliphatic carbocycles. The summed E-state index contributed by atoms with van der Waals surface area (Å²) in [5.41, 5.74) is 0.634. The molecule has 2 N–H and O–H groups in total. The first kappa shape index (κ1) is 18.0. The van der Waals surface area contributed by atoms with Crippen molar-refractivity contribution in [2.45, 2.75) is 40.9 Å². The summed E-state index contributed by atoms with van der Waals surface area (Å²) in [7, 11) is -2.42. The summed E-state index contributed by atoms with van der Waals surface area (Å²) in [6.07, 6.45) is 5.14. The molecule has 1 fully saturated rings. The summed E-state index contributed by atoms with van der Waals surface area (Å²) >= 11 is 1.88. The van der Waals surface area contributed by atoms with Crippen molar-refractivity contribution in [3.05, 3.63) is 42.2 Å². The number of sulfonamides is 1. The summed E-state index contributed by atoms with van der Waals surface area (Å²) in [6.45, 7) is 0. The van der Waals surface area contributed by atoms with E-state index >= 15 is 0 Å². The van der Waals surface area contributed by atoms with E-state index < -0.39 is 15.9 Å². The Bertz CT molecular complexity index is 838. The maximum absolute atomic E-state index is 12.2. The second-order valence-electron chi connectivity index (χ2n) is 5.83. The number of hydrogen-bond acceptors (Lipinski definition) is 5. The Morgan fingerprint density at radius 1 is 1.12 bits per heavy atom. The number of thioether (sulfide) groups is 1. The Morgan fingerprint density at radius 2 is 1.80 bits per heavy atom. The molecule has 0 saturated heterocycles. The average molecular weight is 380 g/mol. The fourth-order valence-corrected chi connectivity index (χ4v) is 4.59. The van der Waals surface area contributed by atoms with Gasteiger partial charge >= 0.3 is 0 Å². The molecule has 1 heterocycles. The highest BCUT2D eigenvalue weighted by molar-refractivity contribution is 8.00. The highest BCUT2D eigenvalue weighted by Crippen LogP contribution is 2.35. The number of furan rings is 1. The fraction of sp³-hybridized carbons (Fsp3) is 0.353. The molecule has 1 aromatic carbocycles. The third kappa shape index (κ3) is 4.45. The van der Waals surface area contributed by atoms with E-state index in [1.807, 2.05) is 36.0 Å². The summed E-state index contributed by atoms with van der Waals surface area (Å²) in [5.74, 6) is -0.549. The second-order valence-corrected chi connectivity index (χ2v) is 9.02. The van der Waals surface area contributed by atoms with Crippen molar-refractivity contribution in [3.8, 4) is 0 Å². The number of carbonyl (C=O) groups is 1. The van der Waals surface area contributed by atoms with Crippen LogP contribution in [0.3, 0.4) is 0 Å². The standard InChI is InChI=1S/C17H20N2O4S2/c1-18-25(21,22)16-11-10-15(23-16)17(20)19-12-6-8-14(9-7-12)24-13-4-2-3-5-13/h6-11,13,18H,2-5H2,1H3,(H,19,20). The number of nitrogens with one attached hydrogen (secondary N) is 2. The minimum Gasteiger partial charge on any atom is -0.438 e. The molecule has 0 atom stereocenters. The van der Waals surface area contributed by atoms with Crippen LogP contribution in [0, 0.1) is 0 Å². The predicted octanol–water partition coefficient (Wildman–Crippen LogP) is 3.47. The maximum Gasteiger partial charge on any atom is 0.291 e. The summed E-state index contributed by atoms with van der Waals surface area (Å²) in [4.78, 5) is 13.4. The molecule has 0 spiro atoms. The molecule has 1 saturated carbocycles. The van der Waals surface area contributed by atoms with E-state index in [-0.39, 0.29) is 10.9 Å². The van der Waals surface area contributed by atoms with Gasteiger partial charge in [0.15, 0.2) is 5.76 Å². The van der Waals surface area contributed by atoms with Crippen molar-refractivity contribution in [1.82, 2.24) is 4.72 Å². The van der Waals surface area contributed by atoms with Crippen molar-refractivity contribution in [1.29, 1.82) is 0 Å². The van der Waals surface area contributed by atoms with Crippen LogP contribution in [0.4, 0.5) is 5.69 Å². The van der Waals surface area contributed by atoms with Crippen molar-refractivity contribution in [3.63, 3.8) is 0 Å². The largest absolute Gasteiger partial charge is 0.438 e. The first-order valence-corrected chi connectivity index (χ1v) is 10.5. The molecule has 1 amide bonds. The summed E-state index contributed by atoms with van der Waals surface area (Å²) < 4.78 is 30.5. The first-order chi connectivity index (χ1) is 12.0. The molecule has 0 aliphatic heterocycles. The quantitative estimate of drug-likeness (QED) is 0.801. The van der Waals surface area contributed by atoms with Crippen molar-refractivity contribution >= 4 is 33.4 Å². The van der Waals surface area contributed by atoms with Crippen LogP contribution in [0.5, 0.6) is 0 Å². The Balaban J connectivity index is 1.63. The molecule has 0 bridgehead atoms. The van der Waals surface area contributed by atoms with E-state index in [4.69, 9.17) is 4.42 Å². The molecule has 1 aromatic heterocycles. The van der Waals surface area contributed by atoms with Crippen LogP contribution in [0.1, 0.15) is 36.2 Å². The van der Waals surface area contributed by atoms with E-state index in [0.29, 0.717) is 10.9 Å². The second kappa shape index (κ2) is 7.63. The highest BCUT2D eigenvalue weighted by atomic mass is 32.2. The maximum atomic E-state index is 12.2. The molecule has 2 aromatic rings. The van der Waals surface area contributed by atoms with Crippen LogP contribution in [-0.2, 0) is 10.0 Å². The van der Waals surface area contributed by atoms with E-state index in [0.717, 1.165) is 0 Å². The molecule has 6 nitrogen and oxygen atoms in total. The molecule has 0 unspecified atom stereocenters. The number of carbonyl (C=O) groups excluding carboxylic acids is 1. The lowest BCUT2D eigenvalue weighted by atomic mass is 10.3. The number of rotatable bonds is 6. The van der Waals surface area contributed by atoms with Crippen LogP contribution < -0.4 is 10.0 Å². The summed E-state index contributed by atoms with van der Waals surface area (Å²) in [5, 5.41) is 3.11. The zero-order chi connectivity index (χ0) is 17.9. The number of benzene rings is 1. The van der Waals surface area contributed by atoms with Gasteiger partial charge < -0.3 is 9.73 Å². The highest BCUT2D eigenvalue weighted by Gasteiger charge is 2.20. The third-order valence-corrected chi connectivity index (χ3v) is 6.69. The zero-order valence-corrected chi connectivity index (χ0v) is 15.5. The SMILES string of the molecule is CNS(=O)(=O)c1ccc(C(=O)Nc2ccc(SC3CCCC3)cc2)o1. The van der Waals surface area contributed by atoms with Gasteiger partial charge in [0, 0.05) is 15.8 Å². The molecule has 25 heavy (non-hydrogen) atoms. The van der Waals surface area contributed by atoms with Crippen LogP contribution in [0.25, 0.3) is 0 Å². The Kier molecular flexibility index (Phi) is 5.51. The number of anilines is 1. The monoisotopic (exact) mass is 380 g/mol. The topological polar surface area (TPSA) is 88.4 Å². The Labute approximate surface area is 151 Å². The van der Waals surface area contributed by atoms with Crippen LogP contribution in [0.2, 0.25) is 0 Å². The van der Waals surface area contributed by atoms with Crippen molar-refractivity contribution in [2.75, 3.05) is 12.4 Å². The fourth-order valence-electron chi connectivity index (χ4n) is 2.70. The lowest BCUT2D eigenvalue weighted by molar-refractivity contribution is 0.0991. The van der Waals surface area contributed by atoms with Gasteiger partial charge in [-0.25, -0.2) is 13.1 Å². The van der Waals surface area contributed by atoms with E-state index in [2.05, 4.69) is 10.0 Å². The zero-order valence-electron chi connectivity index (χ0n) is 13.8. The lowest BCUT2D eigenvalue weighted by Gasteiger charge is -2.09. The summed E-state index contributed by atoms with van der Waals surface area (Å²) in [6, 6.07) is 10.2. The minimum atomic E-state index is -3.70. The molecular weight excluding hydrogens is 360 g/mol. The molecule has 3 rings (SSSR count). The Hall–Kier alpha value is -1.77. The van der Waals surface area contributed by atoms with E-state index in [9.17, 15) is 13.2 Å². The molecule has 134 valence electrons. The molecule has 8 heteroatoms. The van der Waals surface area contributed by atoms with Gasteiger partial charge in [0.2, 0.25) is 5.09 Å². The lowest BCUT2D eigenvalue weighted by Crippen LogP contribution is -2.18.